The zero-order chi connectivity index (χ0) is 14.0. The molecule has 1 aliphatic rings. The average molecular weight is 272 g/mol. The number of aromatic amines is 1. The Morgan fingerprint density at radius 3 is 3.05 bits per heavy atom. The summed E-state index contributed by atoms with van der Waals surface area (Å²) in [4.78, 5) is 3.31. The summed E-state index contributed by atoms with van der Waals surface area (Å²) in [6.07, 6.45) is 6.73. The Morgan fingerprint density at radius 1 is 1.40 bits per heavy atom. The molecular weight excluding hydrogens is 248 g/mol. The second kappa shape index (κ2) is 5.58. The van der Waals surface area contributed by atoms with Gasteiger partial charge in [-0.1, -0.05) is 38.0 Å². The van der Waals surface area contributed by atoms with E-state index in [1.165, 1.54) is 29.3 Å². The highest BCUT2D eigenvalue weighted by Crippen LogP contribution is 2.32. The normalized spacial score (nSPS) is 27.0. The molecule has 0 saturated heterocycles. The van der Waals surface area contributed by atoms with Gasteiger partial charge in [0.1, 0.15) is 0 Å². The molecule has 1 aromatic carbocycles. The number of rotatable bonds is 4. The van der Waals surface area contributed by atoms with E-state index in [4.69, 9.17) is 0 Å². The number of hydrogen-bond donors (Lipinski definition) is 3. The van der Waals surface area contributed by atoms with E-state index in [1.807, 2.05) is 6.07 Å². The van der Waals surface area contributed by atoms with Crippen LogP contribution in [0, 0.1) is 5.92 Å². The fourth-order valence-corrected chi connectivity index (χ4v) is 3.58. The van der Waals surface area contributed by atoms with E-state index in [-0.39, 0.29) is 12.1 Å². The first kappa shape index (κ1) is 13.7. The molecule has 1 fully saturated rings. The van der Waals surface area contributed by atoms with Crippen LogP contribution < -0.4 is 5.32 Å². The molecule has 20 heavy (non-hydrogen) atoms. The molecular formula is C17H24N2O. The van der Waals surface area contributed by atoms with Crippen LogP contribution in [-0.2, 0) is 6.54 Å². The van der Waals surface area contributed by atoms with E-state index in [9.17, 15) is 5.11 Å². The standard InChI is InChI=1S/C17H24N2O/c1-13-5-4-8-17(9-13,12-20)19-11-14-10-18-16-7-3-2-6-15(14)16/h2-3,6-7,10,13,18-20H,4-5,8-9,11-12H2,1H3. The summed E-state index contributed by atoms with van der Waals surface area (Å²) in [5.41, 5.74) is 2.38. The zero-order valence-corrected chi connectivity index (χ0v) is 12.2. The van der Waals surface area contributed by atoms with Gasteiger partial charge in [-0.2, -0.15) is 0 Å². The Bertz CT molecular complexity index is 577. The van der Waals surface area contributed by atoms with Gasteiger partial charge in [0.05, 0.1) is 6.61 Å². The van der Waals surface area contributed by atoms with Gasteiger partial charge in [-0.15, -0.1) is 0 Å². The van der Waals surface area contributed by atoms with Crippen LogP contribution in [0.25, 0.3) is 10.9 Å². The molecule has 3 rings (SSSR count). The minimum atomic E-state index is -0.0873. The Balaban J connectivity index is 1.74. The lowest BCUT2D eigenvalue weighted by Gasteiger charge is -2.39. The van der Waals surface area contributed by atoms with Crippen LogP contribution in [0.4, 0.5) is 0 Å². The molecule has 108 valence electrons. The summed E-state index contributed by atoms with van der Waals surface area (Å²) < 4.78 is 0. The molecule has 1 aromatic heterocycles. The van der Waals surface area contributed by atoms with Crippen LogP contribution in [0.3, 0.4) is 0 Å². The van der Waals surface area contributed by atoms with Gasteiger partial charge >= 0.3 is 0 Å². The second-order valence-corrected chi connectivity index (χ2v) is 6.35. The first-order valence-electron chi connectivity index (χ1n) is 7.63. The van der Waals surface area contributed by atoms with Gasteiger partial charge < -0.3 is 15.4 Å². The lowest BCUT2D eigenvalue weighted by Crippen LogP contribution is -2.51. The third-order valence-electron chi connectivity index (χ3n) is 4.72. The maximum Gasteiger partial charge on any atom is 0.0613 e. The molecule has 0 radical (unpaired) electrons. The minimum Gasteiger partial charge on any atom is -0.394 e. The smallest absolute Gasteiger partial charge is 0.0613 e. The van der Waals surface area contributed by atoms with E-state index < -0.39 is 0 Å². The Labute approximate surface area is 120 Å². The molecule has 0 amide bonds. The van der Waals surface area contributed by atoms with E-state index in [1.54, 1.807) is 0 Å². The average Bonchev–Trinajstić information content (AvgIpc) is 2.88. The highest BCUT2D eigenvalue weighted by Gasteiger charge is 2.33. The van der Waals surface area contributed by atoms with Crippen LogP contribution in [-0.4, -0.2) is 22.2 Å². The van der Waals surface area contributed by atoms with Crippen LogP contribution in [0.15, 0.2) is 30.5 Å². The number of hydrogen-bond acceptors (Lipinski definition) is 2. The monoisotopic (exact) mass is 272 g/mol. The van der Waals surface area contributed by atoms with Gasteiger partial charge in [-0.3, -0.25) is 0 Å². The predicted octanol–water partition coefficient (Wildman–Crippen LogP) is 3.20. The molecule has 1 heterocycles. The quantitative estimate of drug-likeness (QED) is 0.800. The van der Waals surface area contributed by atoms with Crippen molar-refractivity contribution in [2.75, 3.05) is 6.61 Å². The Hall–Kier alpha value is -1.32. The lowest BCUT2D eigenvalue weighted by molar-refractivity contribution is 0.0983. The number of aliphatic hydroxyl groups excluding tert-OH is 1. The SMILES string of the molecule is CC1CCCC(CO)(NCc2c[nH]c3ccccc23)C1. The molecule has 3 nitrogen and oxygen atoms in total. The summed E-state index contributed by atoms with van der Waals surface area (Å²) in [5, 5.41) is 14.7. The predicted molar refractivity (Wildman–Crippen MR) is 82.6 cm³/mol. The lowest BCUT2D eigenvalue weighted by atomic mass is 9.77. The van der Waals surface area contributed by atoms with Crippen LogP contribution in [0.5, 0.6) is 0 Å². The molecule has 3 N–H and O–H groups in total. The third kappa shape index (κ3) is 2.60. The van der Waals surface area contributed by atoms with Crippen LogP contribution in [0.2, 0.25) is 0 Å². The highest BCUT2D eigenvalue weighted by atomic mass is 16.3. The first-order valence-corrected chi connectivity index (χ1v) is 7.63. The highest BCUT2D eigenvalue weighted by molar-refractivity contribution is 5.82. The third-order valence-corrected chi connectivity index (χ3v) is 4.72. The van der Waals surface area contributed by atoms with E-state index in [2.05, 4.69) is 41.6 Å². The van der Waals surface area contributed by atoms with E-state index in [0.717, 1.165) is 19.4 Å². The van der Waals surface area contributed by atoms with Gasteiger partial charge in [-0.25, -0.2) is 0 Å². The summed E-state index contributed by atoms with van der Waals surface area (Å²) in [6, 6.07) is 8.37. The van der Waals surface area contributed by atoms with Crippen molar-refractivity contribution in [2.24, 2.45) is 5.92 Å². The van der Waals surface area contributed by atoms with Gasteiger partial charge in [0.15, 0.2) is 0 Å². The fraction of sp³-hybridized carbons (Fsp3) is 0.529. The number of nitrogens with one attached hydrogen (secondary N) is 2. The fourth-order valence-electron chi connectivity index (χ4n) is 3.58. The molecule has 0 spiro atoms. The van der Waals surface area contributed by atoms with Crippen LogP contribution in [0.1, 0.15) is 38.2 Å². The molecule has 1 aliphatic carbocycles. The largest absolute Gasteiger partial charge is 0.394 e. The van der Waals surface area contributed by atoms with Crippen molar-refractivity contribution in [2.45, 2.75) is 44.7 Å². The molecule has 0 aliphatic heterocycles. The second-order valence-electron chi connectivity index (χ2n) is 6.35. The maximum absolute atomic E-state index is 9.83. The van der Waals surface area contributed by atoms with Gasteiger partial charge in [0, 0.05) is 29.2 Å². The molecule has 0 bridgehead atoms. The maximum atomic E-state index is 9.83. The summed E-state index contributed by atoms with van der Waals surface area (Å²) in [7, 11) is 0. The summed E-state index contributed by atoms with van der Waals surface area (Å²) >= 11 is 0. The number of benzene rings is 1. The number of para-hydroxylation sites is 1. The molecule has 2 aromatic rings. The zero-order valence-electron chi connectivity index (χ0n) is 12.2. The topological polar surface area (TPSA) is 48.0 Å². The number of H-pyrrole nitrogens is 1. The molecule has 2 unspecified atom stereocenters. The number of aromatic nitrogens is 1. The van der Waals surface area contributed by atoms with Crippen molar-refractivity contribution in [3.05, 3.63) is 36.0 Å². The Morgan fingerprint density at radius 2 is 2.25 bits per heavy atom. The first-order chi connectivity index (χ1) is 9.72. The van der Waals surface area contributed by atoms with Gasteiger partial charge in [0.2, 0.25) is 0 Å². The van der Waals surface area contributed by atoms with Gasteiger partial charge in [-0.05, 0) is 30.4 Å². The summed E-state index contributed by atoms with van der Waals surface area (Å²) in [5.74, 6) is 0.700. The van der Waals surface area contributed by atoms with Gasteiger partial charge in [0.25, 0.3) is 0 Å². The van der Waals surface area contributed by atoms with Crippen molar-refractivity contribution in [1.82, 2.24) is 10.3 Å². The van der Waals surface area contributed by atoms with Crippen molar-refractivity contribution in [3.8, 4) is 0 Å². The molecule has 1 saturated carbocycles. The van der Waals surface area contributed by atoms with E-state index >= 15 is 0 Å². The van der Waals surface area contributed by atoms with Crippen LogP contribution >= 0.6 is 0 Å². The Kier molecular flexibility index (Phi) is 3.81. The number of fused-ring (bicyclic) bond motifs is 1. The van der Waals surface area contributed by atoms with E-state index in [0.29, 0.717) is 5.92 Å². The van der Waals surface area contributed by atoms with Crippen molar-refractivity contribution in [3.63, 3.8) is 0 Å². The van der Waals surface area contributed by atoms with Crippen molar-refractivity contribution < 1.29 is 5.11 Å². The minimum absolute atomic E-state index is 0.0873. The van der Waals surface area contributed by atoms with Crippen molar-refractivity contribution in [1.29, 1.82) is 0 Å². The van der Waals surface area contributed by atoms with Crippen molar-refractivity contribution >= 4 is 10.9 Å². The number of aliphatic hydroxyl groups is 1. The summed E-state index contributed by atoms with van der Waals surface area (Å²) in [6.45, 7) is 3.34. The molecule has 3 heteroatoms. The molecule has 2 atom stereocenters.